The van der Waals surface area contributed by atoms with Gasteiger partial charge in [-0.3, -0.25) is 9.69 Å². The van der Waals surface area contributed by atoms with E-state index in [2.05, 4.69) is 35.0 Å². The van der Waals surface area contributed by atoms with E-state index in [9.17, 15) is 4.79 Å². The molecule has 1 aromatic heterocycles. The molecule has 2 heterocycles. The first kappa shape index (κ1) is 19.0. The van der Waals surface area contributed by atoms with Gasteiger partial charge in [0, 0.05) is 22.2 Å². The number of nitrogens with zero attached hydrogens (tertiary/aromatic N) is 1. The average Bonchev–Trinajstić information content (AvgIpc) is 3.21. The van der Waals surface area contributed by atoms with Crippen LogP contribution in [0.25, 0.3) is 17.4 Å². The summed E-state index contributed by atoms with van der Waals surface area (Å²) in [4.78, 5) is 15.4. The molecule has 1 aliphatic heterocycles. The normalized spacial score (nSPS) is 20.1. The zero-order valence-corrected chi connectivity index (χ0v) is 18.3. The summed E-state index contributed by atoms with van der Waals surface area (Å²) in [6, 6.07) is 10.2. The van der Waals surface area contributed by atoms with Crippen molar-refractivity contribution in [1.29, 1.82) is 0 Å². The monoisotopic (exact) mass is 461 g/mol. The van der Waals surface area contributed by atoms with Crippen LogP contribution in [0.1, 0.15) is 43.4 Å². The van der Waals surface area contributed by atoms with Gasteiger partial charge < -0.3 is 4.42 Å². The molecule has 0 unspecified atom stereocenters. The largest absolute Gasteiger partial charge is 0.457 e. The quantitative estimate of drug-likeness (QED) is 0.383. The molecule has 140 valence electrons. The molecule has 2 aliphatic rings. The van der Waals surface area contributed by atoms with Crippen molar-refractivity contribution in [3.05, 3.63) is 51.0 Å². The molecule has 0 radical (unpaired) electrons. The summed E-state index contributed by atoms with van der Waals surface area (Å²) in [5, 5.41) is 0. The minimum absolute atomic E-state index is 0.0198. The van der Waals surface area contributed by atoms with E-state index in [1.807, 2.05) is 29.2 Å². The highest BCUT2D eigenvalue weighted by molar-refractivity contribution is 9.10. The minimum Gasteiger partial charge on any atom is -0.457 e. The molecule has 27 heavy (non-hydrogen) atoms. The number of hydrogen-bond donors (Lipinski definition) is 0. The lowest BCUT2D eigenvalue weighted by Gasteiger charge is -2.29. The van der Waals surface area contributed by atoms with Crippen molar-refractivity contribution >= 4 is 56.2 Å². The highest BCUT2D eigenvalue weighted by Crippen LogP contribution is 2.38. The molecule has 1 aromatic carbocycles. The zero-order chi connectivity index (χ0) is 19.0. The van der Waals surface area contributed by atoms with Gasteiger partial charge in [0.25, 0.3) is 5.91 Å². The van der Waals surface area contributed by atoms with E-state index in [1.165, 1.54) is 36.6 Å². The van der Waals surface area contributed by atoms with Crippen LogP contribution in [0, 0.1) is 6.92 Å². The van der Waals surface area contributed by atoms with E-state index in [-0.39, 0.29) is 11.9 Å². The van der Waals surface area contributed by atoms with Gasteiger partial charge in [0.1, 0.15) is 15.8 Å². The Morgan fingerprint density at radius 1 is 1.22 bits per heavy atom. The van der Waals surface area contributed by atoms with Crippen LogP contribution in [0.15, 0.2) is 44.1 Å². The Balaban J connectivity index is 1.56. The van der Waals surface area contributed by atoms with E-state index in [0.29, 0.717) is 15.0 Å². The lowest BCUT2D eigenvalue weighted by molar-refractivity contribution is -0.124. The van der Waals surface area contributed by atoms with Crippen LogP contribution in [0.3, 0.4) is 0 Å². The van der Waals surface area contributed by atoms with Crippen LogP contribution < -0.4 is 0 Å². The maximum absolute atomic E-state index is 12.9. The maximum Gasteiger partial charge on any atom is 0.266 e. The van der Waals surface area contributed by atoms with Gasteiger partial charge in [0.15, 0.2) is 0 Å². The Labute approximate surface area is 177 Å². The Bertz CT molecular complexity index is 928. The minimum atomic E-state index is 0.0198. The molecule has 4 rings (SSSR count). The predicted octanol–water partition coefficient (Wildman–Crippen LogP) is 6.55. The third-order valence-corrected chi connectivity index (χ3v) is 7.04. The third-order valence-electron chi connectivity index (χ3n) is 5.05. The van der Waals surface area contributed by atoms with Crippen LogP contribution in [0.4, 0.5) is 0 Å². The van der Waals surface area contributed by atoms with E-state index >= 15 is 0 Å². The topological polar surface area (TPSA) is 33.5 Å². The number of carbonyl (C=O) groups excluding carboxylic acids is 1. The number of carbonyl (C=O) groups is 1. The van der Waals surface area contributed by atoms with Crippen molar-refractivity contribution in [1.82, 2.24) is 4.90 Å². The first-order valence-corrected chi connectivity index (χ1v) is 11.2. The number of halogens is 1. The summed E-state index contributed by atoms with van der Waals surface area (Å²) >= 11 is 10.5. The second-order valence-electron chi connectivity index (χ2n) is 7.03. The molecule has 2 fully saturated rings. The number of rotatable bonds is 3. The smallest absolute Gasteiger partial charge is 0.266 e. The summed E-state index contributed by atoms with van der Waals surface area (Å²) in [6.07, 6.45) is 7.51. The van der Waals surface area contributed by atoms with Gasteiger partial charge in [-0.05, 0) is 49.6 Å². The molecule has 1 amide bonds. The standard InChI is InChI=1S/C21H20BrNO2S2/c1-13-7-9-16(17(22)11-13)18-10-8-15(25-18)12-19-20(24)23(21(26)27-19)14-5-3-2-4-6-14/h7-12,14H,2-6H2,1H3/b19-12+. The van der Waals surface area contributed by atoms with E-state index in [4.69, 9.17) is 16.6 Å². The molecule has 3 nitrogen and oxygen atoms in total. The molecule has 1 saturated heterocycles. The molecule has 6 heteroatoms. The van der Waals surface area contributed by atoms with Gasteiger partial charge in [-0.1, -0.05) is 65.2 Å². The Hall–Kier alpha value is -1.37. The Morgan fingerprint density at radius 2 is 2.00 bits per heavy atom. The van der Waals surface area contributed by atoms with Crippen molar-refractivity contribution in [3.8, 4) is 11.3 Å². The summed E-state index contributed by atoms with van der Waals surface area (Å²) in [5.41, 5.74) is 2.18. The number of hydrogen-bond acceptors (Lipinski definition) is 4. The van der Waals surface area contributed by atoms with Crippen LogP contribution in [-0.4, -0.2) is 21.2 Å². The number of furan rings is 1. The predicted molar refractivity (Wildman–Crippen MR) is 118 cm³/mol. The van der Waals surface area contributed by atoms with Crippen molar-refractivity contribution in [3.63, 3.8) is 0 Å². The molecule has 0 spiro atoms. The summed E-state index contributed by atoms with van der Waals surface area (Å²) in [5.74, 6) is 1.46. The molecule has 0 bridgehead atoms. The summed E-state index contributed by atoms with van der Waals surface area (Å²) in [7, 11) is 0. The molecule has 1 aliphatic carbocycles. The molecule has 0 N–H and O–H groups in total. The van der Waals surface area contributed by atoms with Gasteiger partial charge in [0.2, 0.25) is 0 Å². The zero-order valence-electron chi connectivity index (χ0n) is 15.0. The lowest BCUT2D eigenvalue weighted by atomic mass is 9.94. The van der Waals surface area contributed by atoms with Crippen LogP contribution in [-0.2, 0) is 4.79 Å². The first-order valence-electron chi connectivity index (χ1n) is 9.16. The Morgan fingerprint density at radius 3 is 2.74 bits per heavy atom. The Kier molecular flexibility index (Phi) is 5.58. The fraction of sp³-hybridized carbons (Fsp3) is 0.333. The van der Waals surface area contributed by atoms with Gasteiger partial charge in [-0.25, -0.2) is 0 Å². The SMILES string of the molecule is Cc1ccc(-c2ccc(/C=C3/SC(=S)N(C4CCCCC4)C3=O)o2)c(Br)c1. The van der Waals surface area contributed by atoms with Crippen molar-refractivity contribution in [2.75, 3.05) is 0 Å². The van der Waals surface area contributed by atoms with Crippen LogP contribution in [0.5, 0.6) is 0 Å². The van der Waals surface area contributed by atoms with Crippen LogP contribution in [0.2, 0.25) is 0 Å². The van der Waals surface area contributed by atoms with E-state index < -0.39 is 0 Å². The number of aryl methyl sites for hydroxylation is 1. The number of thioether (sulfide) groups is 1. The molecule has 2 aromatic rings. The average molecular weight is 462 g/mol. The van der Waals surface area contributed by atoms with Crippen molar-refractivity contribution in [2.45, 2.75) is 45.1 Å². The molecule has 1 saturated carbocycles. The maximum atomic E-state index is 12.9. The molecular formula is C21H20BrNO2S2. The van der Waals surface area contributed by atoms with E-state index in [1.54, 1.807) is 0 Å². The fourth-order valence-electron chi connectivity index (χ4n) is 3.66. The number of benzene rings is 1. The third kappa shape index (κ3) is 3.93. The molecule has 0 atom stereocenters. The van der Waals surface area contributed by atoms with Crippen molar-refractivity contribution in [2.24, 2.45) is 0 Å². The second-order valence-corrected chi connectivity index (χ2v) is 9.56. The molecular weight excluding hydrogens is 442 g/mol. The first-order chi connectivity index (χ1) is 13.0. The van der Waals surface area contributed by atoms with Gasteiger partial charge in [0.05, 0.1) is 4.91 Å². The van der Waals surface area contributed by atoms with Crippen molar-refractivity contribution < 1.29 is 9.21 Å². The fourth-order valence-corrected chi connectivity index (χ4v) is 5.73. The number of amides is 1. The van der Waals surface area contributed by atoms with E-state index in [0.717, 1.165) is 28.6 Å². The lowest BCUT2D eigenvalue weighted by Crippen LogP contribution is -2.39. The summed E-state index contributed by atoms with van der Waals surface area (Å²) in [6.45, 7) is 2.05. The van der Waals surface area contributed by atoms with Gasteiger partial charge in [-0.15, -0.1) is 0 Å². The van der Waals surface area contributed by atoms with Crippen LogP contribution >= 0.6 is 39.9 Å². The summed E-state index contributed by atoms with van der Waals surface area (Å²) < 4.78 is 7.65. The highest BCUT2D eigenvalue weighted by atomic mass is 79.9. The highest BCUT2D eigenvalue weighted by Gasteiger charge is 2.37. The van der Waals surface area contributed by atoms with Gasteiger partial charge >= 0.3 is 0 Å². The number of thiocarbonyl (C=S) groups is 1. The van der Waals surface area contributed by atoms with Gasteiger partial charge in [-0.2, -0.15) is 0 Å². The second kappa shape index (κ2) is 7.94.